The molecular weight excluding hydrogens is 272 g/mol. The Kier molecular flexibility index (Phi) is 4.61. The fourth-order valence-corrected chi connectivity index (χ4v) is 2.03. The van der Waals surface area contributed by atoms with Gasteiger partial charge in [0.25, 0.3) is 5.78 Å². The molecule has 0 amide bonds. The van der Waals surface area contributed by atoms with Crippen molar-refractivity contribution in [3.63, 3.8) is 0 Å². The molecule has 0 spiro atoms. The van der Waals surface area contributed by atoms with E-state index in [9.17, 15) is 9.59 Å². The average Bonchev–Trinajstić information content (AvgIpc) is 2.53. The maximum absolute atomic E-state index is 10.9. The predicted molar refractivity (Wildman–Crippen MR) is 74.3 cm³/mol. The number of carboxylic acid groups (broad SMARTS) is 1. The Bertz CT molecular complexity index is 596. The Labute approximate surface area is 121 Å². The summed E-state index contributed by atoms with van der Waals surface area (Å²) in [4.78, 5) is 31.7. The van der Waals surface area contributed by atoms with Gasteiger partial charge in [0.1, 0.15) is 0 Å². The minimum Gasteiger partial charge on any atom is -0.475 e. The highest BCUT2D eigenvalue weighted by Crippen LogP contribution is 2.19. The fourth-order valence-electron chi connectivity index (χ4n) is 2.03. The van der Waals surface area contributed by atoms with Crippen LogP contribution in [0.4, 0.5) is 5.95 Å². The largest absolute Gasteiger partial charge is 0.475 e. The Morgan fingerprint density at radius 3 is 2.48 bits per heavy atom. The number of piperidine rings is 1. The molecule has 1 aliphatic heterocycles. The topological polar surface area (TPSA) is 107 Å². The number of aliphatic carboxylic acids is 1. The molecule has 0 radical (unpaired) electrons. The van der Waals surface area contributed by atoms with Crippen molar-refractivity contribution in [1.29, 1.82) is 5.26 Å². The van der Waals surface area contributed by atoms with Gasteiger partial charge in [-0.1, -0.05) is 0 Å². The van der Waals surface area contributed by atoms with Crippen molar-refractivity contribution in [1.82, 2.24) is 9.97 Å². The molecule has 0 bridgehead atoms. The number of aromatic nitrogens is 2. The molecule has 1 aromatic rings. The van der Waals surface area contributed by atoms with Gasteiger partial charge < -0.3 is 10.0 Å². The van der Waals surface area contributed by atoms with E-state index in [1.807, 2.05) is 4.90 Å². The van der Waals surface area contributed by atoms with Crippen LogP contribution in [0.25, 0.3) is 6.08 Å². The molecule has 7 nitrogen and oxygen atoms in total. The van der Waals surface area contributed by atoms with Gasteiger partial charge in [-0.25, -0.2) is 14.8 Å². The molecule has 2 rings (SSSR count). The molecule has 7 heteroatoms. The van der Waals surface area contributed by atoms with Gasteiger partial charge in [-0.2, -0.15) is 5.26 Å². The van der Waals surface area contributed by atoms with Crippen LogP contribution < -0.4 is 4.90 Å². The molecule has 1 fully saturated rings. The van der Waals surface area contributed by atoms with Crippen molar-refractivity contribution in [2.45, 2.75) is 12.8 Å². The first-order chi connectivity index (χ1) is 10.1. The van der Waals surface area contributed by atoms with E-state index in [1.54, 1.807) is 0 Å². The van der Waals surface area contributed by atoms with Crippen molar-refractivity contribution in [3.8, 4) is 6.07 Å². The van der Waals surface area contributed by atoms with Crippen LogP contribution in [0.1, 0.15) is 18.4 Å². The highest BCUT2D eigenvalue weighted by Gasteiger charge is 2.20. The van der Waals surface area contributed by atoms with Crippen LogP contribution in [0.2, 0.25) is 0 Å². The van der Waals surface area contributed by atoms with Crippen molar-refractivity contribution in [2.24, 2.45) is 5.92 Å². The van der Waals surface area contributed by atoms with Crippen LogP contribution in [0.3, 0.4) is 0 Å². The van der Waals surface area contributed by atoms with Crippen molar-refractivity contribution in [2.75, 3.05) is 18.0 Å². The van der Waals surface area contributed by atoms with E-state index in [2.05, 4.69) is 16.0 Å². The molecule has 0 aliphatic carbocycles. The molecular formula is C14H14N4O3. The highest BCUT2D eigenvalue weighted by molar-refractivity contribution is 6.38. The van der Waals surface area contributed by atoms with E-state index in [-0.39, 0.29) is 5.92 Å². The van der Waals surface area contributed by atoms with E-state index < -0.39 is 11.8 Å². The molecule has 21 heavy (non-hydrogen) atoms. The Morgan fingerprint density at radius 2 is 1.95 bits per heavy atom. The first kappa shape index (κ1) is 14.7. The van der Waals surface area contributed by atoms with Gasteiger partial charge >= 0.3 is 5.97 Å². The fraction of sp³-hybridized carbons (Fsp3) is 0.357. The molecule has 0 atom stereocenters. The number of anilines is 1. The second-order valence-electron chi connectivity index (χ2n) is 4.71. The van der Waals surface area contributed by atoms with Gasteiger partial charge in [0.05, 0.1) is 6.07 Å². The molecule has 1 aromatic heterocycles. The van der Waals surface area contributed by atoms with Crippen LogP contribution in [0.15, 0.2) is 18.5 Å². The van der Waals surface area contributed by atoms with Crippen molar-refractivity contribution < 1.29 is 14.7 Å². The van der Waals surface area contributed by atoms with E-state index in [0.29, 0.717) is 11.5 Å². The summed E-state index contributed by atoms with van der Waals surface area (Å²) in [6.07, 6.45) is 7.00. The number of carboxylic acids is 1. The lowest BCUT2D eigenvalue weighted by molar-refractivity contribution is -0.146. The average molecular weight is 286 g/mol. The number of nitriles is 1. The van der Waals surface area contributed by atoms with Crippen molar-refractivity contribution in [3.05, 3.63) is 24.0 Å². The first-order valence-electron chi connectivity index (χ1n) is 6.52. The van der Waals surface area contributed by atoms with Crippen LogP contribution >= 0.6 is 0 Å². The lowest BCUT2D eigenvalue weighted by Gasteiger charge is -2.28. The number of hydrogen-bond donors (Lipinski definition) is 1. The molecule has 1 saturated heterocycles. The number of hydrogen-bond acceptors (Lipinski definition) is 6. The zero-order valence-electron chi connectivity index (χ0n) is 11.3. The number of ketones is 1. The van der Waals surface area contributed by atoms with Gasteiger partial charge in [-0.05, 0) is 25.0 Å². The van der Waals surface area contributed by atoms with E-state index in [1.165, 1.54) is 18.5 Å². The van der Waals surface area contributed by atoms with Crippen LogP contribution in [0.5, 0.6) is 0 Å². The van der Waals surface area contributed by atoms with Gasteiger partial charge in [-0.15, -0.1) is 0 Å². The number of rotatable bonds is 4. The number of carbonyl (C=O) groups excluding carboxylic acids is 1. The van der Waals surface area contributed by atoms with Crippen LogP contribution in [0, 0.1) is 17.2 Å². The Balaban J connectivity index is 1.98. The molecule has 0 saturated carbocycles. The molecule has 1 aliphatic rings. The third-order valence-corrected chi connectivity index (χ3v) is 3.26. The van der Waals surface area contributed by atoms with Gasteiger partial charge in [0.2, 0.25) is 5.95 Å². The Hall–Kier alpha value is -2.75. The van der Waals surface area contributed by atoms with E-state index in [0.717, 1.165) is 32.0 Å². The zero-order valence-corrected chi connectivity index (χ0v) is 11.3. The van der Waals surface area contributed by atoms with Crippen LogP contribution in [-0.4, -0.2) is 39.9 Å². The SMILES string of the molecule is N#CC1CCN(c2ncc(/C=C/C(=O)C(=O)O)cn2)CC1. The summed E-state index contributed by atoms with van der Waals surface area (Å²) < 4.78 is 0. The summed E-state index contributed by atoms with van der Waals surface area (Å²) in [7, 11) is 0. The minimum absolute atomic E-state index is 0.102. The third kappa shape index (κ3) is 3.86. The van der Waals surface area contributed by atoms with E-state index in [4.69, 9.17) is 10.4 Å². The molecule has 0 aromatic carbocycles. The maximum Gasteiger partial charge on any atom is 0.376 e. The molecule has 108 valence electrons. The summed E-state index contributed by atoms with van der Waals surface area (Å²) in [5.41, 5.74) is 0.556. The normalized spacial score (nSPS) is 15.9. The summed E-state index contributed by atoms with van der Waals surface area (Å²) in [5.74, 6) is -1.81. The van der Waals surface area contributed by atoms with Crippen LogP contribution in [-0.2, 0) is 9.59 Å². The molecule has 0 unspecified atom stereocenters. The quantitative estimate of drug-likeness (QED) is 0.646. The van der Waals surface area contributed by atoms with E-state index >= 15 is 0 Å². The monoisotopic (exact) mass is 286 g/mol. The summed E-state index contributed by atoms with van der Waals surface area (Å²) in [5, 5.41) is 17.3. The summed E-state index contributed by atoms with van der Waals surface area (Å²) in [6, 6.07) is 2.26. The zero-order chi connectivity index (χ0) is 15.2. The summed E-state index contributed by atoms with van der Waals surface area (Å²) in [6.45, 7) is 1.48. The summed E-state index contributed by atoms with van der Waals surface area (Å²) >= 11 is 0. The molecule has 1 N–H and O–H groups in total. The smallest absolute Gasteiger partial charge is 0.376 e. The number of nitrogens with zero attached hydrogens (tertiary/aromatic N) is 4. The second kappa shape index (κ2) is 6.61. The lowest BCUT2D eigenvalue weighted by atomic mass is 9.99. The van der Waals surface area contributed by atoms with Gasteiger partial charge in [0, 0.05) is 37.0 Å². The number of carbonyl (C=O) groups is 2. The highest BCUT2D eigenvalue weighted by atomic mass is 16.4. The standard InChI is InChI=1S/C14H14N4O3/c15-7-10-3-5-18(6-4-10)14-16-8-11(9-17-14)1-2-12(19)13(20)21/h1-2,8-10H,3-6H2,(H,20,21)/b2-1+. The second-order valence-corrected chi connectivity index (χ2v) is 4.71. The minimum atomic E-state index is -1.50. The predicted octanol–water partition coefficient (Wildman–Crippen LogP) is 0.883. The Morgan fingerprint density at radius 1 is 1.33 bits per heavy atom. The third-order valence-electron chi connectivity index (χ3n) is 3.26. The first-order valence-corrected chi connectivity index (χ1v) is 6.52. The maximum atomic E-state index is 10.9. The van der Waals surface area contributed by atoms with Gasteiger partial charge in [0.15, 0.2) is 0 Å². The van der Waals surface area contributed by atoms with Crippen molar-refractivity contribution >= 4 is 23.8 Å². The lowest BCUT2D eigenvalue weighted by Crippen LogP contribution is -2.34. The van der Waals surface area contributed by atoms with Gasteiger partial charge in [-0.3, -0.25) is 4.79 Å². The molecule has 2 heterocycles.